The van der Waals surface area contributed by atoms with Gasteiger partial charge in [-0.1, -0.05) is 23.2 Å². The molecule has 0 saturated heterocycles. The van der Waals surface area contributed by atoms with E-state index in [0.29, 0.717) is 0 Å². The molecule has 0 aliphatic rings. The largest absolute Gasteiger partial charge is 0.330 e. The van der Waals surface area contributed by atoms with E-state index >= 15 is 0 Å². The number of rotatable bonds is 3. The van der Waals surface area contributed by atoms with Crippen LogP contribution < -0.4 is 5.73 Å². The van der Waals surface area contributed by atoms with Crippen LogP contribution >= 0.6 is 23.2 Å². The van der Waals surface area contributed by atoms with Crippen LogP contribution in [0.5, 0.6) is 0 Å². The maximum atomic E-state index is 12.9. The molecule has 0 spiro atoms. The van der Waals surface area contributed by atoms with E-state index in [2.05, 4.69) is 4.98 Å². The number of halogens is 3. The topological polar surface area (TPSA) is 56.0 Å². The van der Waals surface area contributed by atoms with Gasteiger partial charge in [0.05, 0.1) is 5.56 Å². The molecule has 6 heteroatoms. The molecule has 0 amide bonds. The number of nitrogens with zero attached hydrogens (tertiary/aromatic N) is 1. The lowest BCUT2D eigenvalue weighted by Crippen LogP contribution is -2.09. The zero-order valence-electron chi connectivity index (χ0n) is 7.06. The van der Waals surface area contributed by atoms with Crippen molar-refractivity contribution >= 4 is 29.0 Å². The third-order valence-electron chi connectivity index (χ3n) is 1.56. The molecule has 14 heavy (non-hydrogen) atoms. The normalized spacial score (nSPS) is 10.3. The molecular formula is C8H7Cl2FN2O. The SMILES string of the molecule is NCCC(=O)c1cc(F)c(Cl)nc1Cl. The lowest BCUT2D eigenvalue weighted by molar-refractivity contribution is 0.0985. The Labute approximate surface area is 90.0 Å². The van der Waals surface area contributed by atoms with Crippen molar-refractivity contribution in [2.75, 3.05) is 6.54 Å². The first-order valence-electron chi connectivity index (χ1n) is 3.81. The molecule has 0 bridgehead atoms. The fourth-order valence-corrected chi connectivity index (χ4v) is 1.33. The van der Waals surface area contributed by atoms with Gasteiger partial charge in [0, 0.05) is 6.42 Å². The Morgan fingerprint density at radius 3 is 2.71 bits per heavy atom. The average Bonchev–Trinajstić information content (AvgIpc) is 2.11. The number of ketones is 1. The second-order valence-electron chi connectivity index (χ2n) is 2.56. The van der Waals surface area contributed by atoms with Crippen LogP contribution in [0.2, 0.25) is 10.3 Å². The van der Waals surface area contributed by atoms with Gasteiger partial charge >= 0.3 is 0 Å². The maximum Gasteiger partial charge on any atom is 0.167 e. The molecule has 0 aliphatic carbocycles. The van der Waals surface area contributed by atoms with Crippen LogP contribution in [0.15, 0.2) is 6.07 Å². The number of nitrogens with two attached hydrogens (primary N) is 1. The van der Waals surface area contributed by atoms with Crippen LogP contribution in [-0.2, 0) is 0 Å². The minimum atomic E-state index is -0.767. The fourth-order valence-electron chi connectivity index (χ4n) is 0.907. The van der Waals surface area contributed by atoms with Crippen molar-refractivity contribution < 1.29 is 9.18 Å². The molecule has 0 aliphatic heterocycles. The van der Waals surface area contributed by atoms with E-state index in [4.69, 9.17) is 28.9 Å². The lowest BCUT2D eigenvalue weighted by Gasteiger charge is -2.02. The molecule has 1 aromatic rings. The summed E-state index contributed by atoms with van der Waals surface area (Å²) in [5.74, 6) is -1.11. The number of hydrogen-bond donors (Lipinski definition) is 1. The zero-order valence-corrected chi connectivity index (χ0v) is 8.57. The summed E-state index contributed by atoms with van der Waals surface area (Å²) in [6, 6.07) is 0.968. The van der Waals surface area contributed by atoms with Crippen LogP contribution in [0, 0.1) is 5.82 Å². The second kappa shape index (κ2) is 4.68. The minimum absolute atomic E-state index is 0.0130. The highest BCUT2D eigenvalue weighted by Gasteiger charge is 2.14. The third kappa shape index (κ3) is 2.41. The van der Waals surface area contributed by atoms with E-state index in [0.717, 1.165) is 6.07 Å². The average molecular weight is 237 g/mol. The van der Waals surface area contributed by atoms with Gasteiger partial charge in [0.2, 0.25) is 0 Å². The summed E-state index contributed by atoms with van der Waals surface area (Å²) < 4.78 is 12.9. The Bertz CT molecular complexity index is 371. The Morgan fingerprint density at radius 1 is 1.50 bits per heavy atom. The summed E-state index contributed by atoms with van der Waals surface area (Å²) >= 11 is 11.0. The Hall–Kier alpha value is -0.710. The number of Topliss-reactive ketones (excluding diaryl/α,β-unsaturated/α-hetero) is 1. The zero-order chi connectivity index (χ0) is 10.7. The van der Waals surface area contributed by atoms with Crippen molar-refractivity contribution in [2.24, 2.45) is 5.73 Å². The van der Waals surface area contributed by atoms with E-state index < -0.39 is 5.82 Å². The standard InChI is InChI=1S/C8H7Cl2FN2O/c9-7-4(6(14)1-2-12)3-5(11)8(10)13-7/h3H,1-2,12H2. The van der Waals surface area contributed by atoms with Crippen LogP contribution in [0.4, 0.5) is 4.39 Å². The van der Waals surface area contributed by atoms with Gasteiger partial charge in [0.25, 0.3) is 0 Å². The number of hydrogen-bond acceptors (Lipinski definition) is 3. The summed E-state index contributed by atoms with van der Waals surface area (Å²) in [6.45, 7) is 0.180. The first-order valence-corrected chi connectivity index (χ1v) is 4.56. The van der Waals surface area contributed by atoms with Gasteiger partial charge in [-0.3, -0.25) is 4.79 Å². The molecule has 3 nitrogen and oxygen atoms in total. The van der Waals surface area contributed by atoms with Crippen LogP contribution in [0.3, 0.4) is 0 Å². The Morgan fingerprint density at radius 2 is 2.14 bits per heavy atom. The first kappa shape index (κ1) is 11.4. The Balaban J connectivity index is 3.09. The molecule has 0 fully saturated rings. The third-order valence-corrected chi connectivity index (χ3v) is 2.11. The molecule has 0 atom stereocenters. The number of carbonyl (C=O) groups is 1. The van der Waals surface area contributed by atoms with E-state index in [9.17, 15) is 9.18 Å². The van der Waals surface area contributed by atoms with E-state index in [1.54, 1.807) is 0 Å². The number of aromatic nitrogens is 1. The summed E-state index contributed by atoms with van der Waals surface area (Å²) in [5, 5.41) is -0.450. The number of carbonyl (C=O) groups excluding carboxylic acids is 1. The molecular weight excluding hydrogens is 230 g/mol. The summed E-state index contributed by atoms with van der Waals surface area (Å²) in [6.07, 6.45) is 0.0997. The van der Waals surface area contributed by atoms with Crippen LogP contribution in [0.25, 0.3) is 0 Å². The molecule has 0 radical (unpaired) electrons. The Kier molecular flexibility index (Phi) is 3.80. The van der Waals surface area contributed by atoms with Gasteiger partial charge in [-0.05, 0) is 12.6 Å². The summed E-state index contributed by atoms with van der Waals surface area (Å²) in [4.78, 5) is 14.8. The lowest BCUT2D eigenvalue weighted by atomic mass is 10.1. The summed E-state index contributed by atoms with van der Waals surface area (Å²) in [5.41, 5.74) is 5.19. The molecule has 0 saturated carbocycles. The van der Waals surface area contributed by atoms with Crippen molar-refractivity contribution in [3.63, 3.8) is 0 Å². The van der Waals surface area contributed by atoms with Crippen molar-refractivity contribution in [3.8, 4) is 0 Å². The van der Waals surface area contributed by atoms with Gasteiger partial charge in [-0.2, -0.15) is 0 Å². The highest BCUT2D eigenvalue weighted by atomic mass is 35.5. The minimum Gasteiger partial charge on any atom is -0.330 e. The summed E-state index contributed by atoms with van der Waals surface area (Å²) in [7, 11) is 0. The second-order valence-corrected chi connectivity index (χ2v) is 3.28. The van der Waals surface area contributed by atoms with Gasteiger partial charge in [-0.15, -0.1) is 0 Å². The first-order chi connectivity index (χ1) is 6.56. The monoisotopic (exact) mass is 236 g/mol. The molecule has 1 aromatic heterocycles. The maximum absolute atomic E-state index is 12.9. The van der Waals surface area contributed by atoms with Crippen LogP contribution in [0.1, 0.15) is 16.8 Å². The molecule has 0 unspecified atom stereocenters. The van der Waals surface area contributed by atoms with Crippen molar-refractivity contribution in [3.05, 3.63) is 27.8 Å². The molecule has 0 aromatic carbocycles. The van der Waals surface area contributed by atoms with Gasteiger partial charge < -0.3 is 5.73 Å². The van der Waals surface area contributed by atoms with Crippen molar-refractivity contribution in [1.29, 1.82) is 0 Å². The van der Waals surface area contributed by atoms with Gasteiger partial charge in [0.15, 0.2) is 16.8 Å². The predicted molar refractivity (Wildman–Crippen MR) is 52.2 cm³/mol. The van der Waals surface area contributed by atoms with Crippen molar-refractivity contribution in [1.82, 2.24) is 4.98 Å². The van der Waals surface area contributed by atoms with E-state index in [1.165, 1.54) is 0 Å². The predicted octanol–water partition coefficient (Wildman–Crippen LogP) is 2.06. The van der Waals surface area contributed by atoms with Crippen LogP contribution in [-0.4, -0.2) is 17.3 Å². The highest BCUT2D eigenvalue weighted by molar-refractivity contribution is 6.34. The quantitative estimate of drug-likeness (QED) is 0.646. The smallest absolute Gasteiger partial charge is 0.167 e. The van der Waals surface area contributed by atoms with E-state index in [-0.39, 0.29) is 34.6 Å². The van der Waals surface area contributed by atoms with Crippen molar-refractivity contribution in [2.45, 2.75) is 6.42 Å². The molecule has 2 N–H and O–H groups in total. The van der Waals surface area contributed by atoms with Gasteiger partial charge in [-0.25, -0.2) is 9.37 Å². The van der Waals surface area contributed by atoms with Gasteiger partial charge in [0.1, 0.15) is 5.15 Å². The van der Waals surface area contributed by atoms with E-state index in [1.807, 2.05) is 0 Å². The number of pyridine rings is 1. The highest BCUT2D eigenvalue weighted by Crippen LogP contribution is 2.21. The molecule has 1 rings (SSSR count). The molecule has 76 valence electrons. The molecule has 1 heterocycles. The fraction of sp³-hybridized carbons (Fsp3) is 0.250.